The van der Waals surface area contributed by atoms with Crippen LogP contribution in [-0.4, -0.2) is 31.1 Å². The van der Waals surface area contributed by atoms with Crippen LogP contribution in [0.4, 0.5) is 0 Å². The highest BCUT2D eigenvalue weighted by molar-refractivity contribution is 9.10. The predicted octanol–water partition coefficient (Wildman–Crippen LogP) is 3.70. The maximum absolute atomic E-state index is 12.4. The van der Waals surface area contributed by atoms with E-state index in [9.17, 15) is 9.59 Å². The summed E-state index contributed by atoms with van der Waals surface area (Å²) in [6, 6.07) is 4.96. The maximum Gasteiger partial charge on any atom is 0.338 e. The second kappa shape index (κ2) is 6.87. The zero-order chi connectivity index (χ0) is 18.3. The molecule has 6 heteroatoms. The third-order valence-electron chi connectivity index (χ3n) is 6.16. The largest absolute Gasteiger partial charge is 0.496 e. The van der Waals surface area contributed by atoms with E-state index in [1.807, 2.05) is 0 Å². The van der Waals surface area contributed by atoms with Crippen LogP contribution in [0.1, 0.15) is 48.9 Å². The van der Waals surface area contributed by atoms with E-state index >= 15 is 0 Å². The number of hydrogen-bond donors (Lipinski definition) is 1. The molecule has 0 atom stereocenters. The van der Waals surface area contributed by atoms with Crippen molar-refractivity contribution in [2.45, 2.75) is 44.1 Å². The smallest absolute Gasteiger partial charge is 0.338 e. The summed E-state index contributed by atoms with van der Waals surface area (Å²) in [5.41, 5.74) is 0.335. The Bertz CT molecular complexity index is 697. The van der Waals surface area contributed by atoms with E-state index in [0.717, 1.165) is 37.0 Å². The van der Waals surface area contributed by atoms with Crippen LogP contribution in [0.25, 0.3) is 0 Å². The maximum atomic E-state index is 12.4. The molecule has 5 rings (SSSR count). The number of carbonyl (C=O) groups is 2. The molecule has 26 heavy (non-hydrogen) atoms. The van der Waals surface area contributed by atoms with Gasteiger partial charge in [0.05, 0.1) is 17.1 Å². The number of hydrogen-bond acceptors (Lipinski definition) is 4. The monoisotopic (exact) mass is 421 g/mol. The lowest BCUT2D eigenvalue weighted by molar-refractivity contribution is -0.130. The van der Waals surface area contributed by atoms with E-state index in [0.29, 0.717) is 15.8 Å². The minimum Gasteiger partial charge on any atom is -0.496 e. The first kappa shape index (κ1) is 17.8. The zero-order valence-electron chi connectivity index (χ0n) is 14.9. The first-order valence-corrected chi connectivity index (χ1v) is 10.1. The standard InChI is InChI=1S/C20H24BrNO4/c1-25-17-3-2-15(7-16(17)21)19(24)26-11-18(23)22-20-8-12-4-13(9-20)6-14(5-12)10-20/h2-3,7,12-14H,4-6,8-11H2,1H3,(H,22,23). The van der Waals surface area contributed by atoms with Gasteiger partial charge >= 0.3 is 5.97 Å². The average molecular weight is 422 g/mol. The highest BCUT2D eigenvalue weighted by atomic mass is 79.9. The molecule has 1 amide bonds. The summed E-state index contributed by atoms with van der Waals surface area (Å²) < 4.78 is 11.0. The summed E-state index contributed by atoms with van der Waals surface area (Å²) in [5.74, 6) is 2.24. The topological polar surface area (TPSA) is 64.6 Å². The zero-order valence-corrected chi connectivity index (χ0v) is 16.5. The molecule has 0 aromatic heterocycles. The van der Waals surface area contributed by atoms with Gasteiger partial charge in [-0.05, 0) is 90.4 Å². The van der Waals surface area contributed by atoms with Crippen LogP contribution >= 0.6 is 15.9 Å². The number of benzene rings is 1. The van der Waals surface area contributed by atoms with Gasteiger partial charge in [-0.3, -0.25) is 4.79 Å². The number of amides is 1. The minimum atomic E-state index is -0.506. The fourth-order valence-electron chi connectivity index (χ4n) is 5.60. The van der Waals surface area contributed by atoms with Crippen molar-refractivity contribution in [3.8, 4) is 5.75 Å². The Labute approximate surface area is 161 Å². The van der Waals surface area contributed by atoms with E-state index in [-0.39, 0.29) is 18.1 Å². The van der Waals surface area contributed by atoms with E-state index < -0.39 is 5.97 Å². The molecule has 4 aliphatic rings. The molecular formula is C20H24BrNO4. The molecule has 0 saturated heterocycles. The van der Waals surface area contributed by atoms with Crippen LogP contribution < -0.4 is 10.1 Å². The van der Waals surface area contributed by atoms with E-state index in [1.165, 1.54) is 19.3 Å². The third kappa shape index (κ3) is 3.48. The number of nitrogens with one attached hydrogen (secondary N) is 1. The van der Waals surface area contributed by atoms with Crippen molar-refractivity contribution in [3.63, 3.8) is 0 Å². The fraction of sp³-hybridized carbons (Fsp3) is 0.600. The van der Waals surface area contributed by atoms with Gasteiger partial charge in [0.1, 0.15) is 5.75 Å². The molecule has 5 nitrogen and oxygen atoms in total. The van der Waals surface area contributed by atoms with E-state index in [2.05, 4.69) is 21.2 Å². The Kier molecular flexibility index (Phi) is 4.71. The molecule has 0 heterocycles. The summed E-state index contributed by atoms with van der Waals surface area (Å²) in [4.78, 5) is 24.6. The number of esters is 1. The molecule has 0 aliphatic heterocycles. The van der Waals surface area contributed by atoms with Crippen molar-refractivity contribution >= 4 is 27.8 Å². The van der Waals surface area contributed by atoms with Crippen molar-refractivity contribution in [1.29, 1.82) is 0 Å². The molecule has 1 aromatic carbocycles. The molecule has 4 bridgehead atoms. The first-order valence-electron chi connectivity index (χ1n) is 9.28. The predicted molar refractivity (Wildman–Crippen MR) is 100 cm³/mol. The summed E-state index contributed by atoms with van der Waals surface area (Å²) in [7, 11) is 1.56. The summed E-state index contributed by atoms with van der Waals surface area (Å²) in [5, 5.41) is 3.22. The van der Waals surface area contributed by atoms with Gasteiger partial charge in [0.2, 0.25) is 0 Å². The van der Waals surface area contributed by atoms with Crippen LogP contribution in [0.2, 0.25) is 0 Å². The molecule has 4 aliphatic carbocycles. The Hall–Kier alpha value is -1.56. The molecule has 1 aromatic rings. The van der Waals surface area contributed by atoms with Crippen molar-refractivity contribution in [2.75, 3.05) is 13.7 Å². The Morgan fingerprint density at radius 3 is 2.31 bits per heavy atom. The number of ether oxygens (including phenoxy) is 2. The fourth-order valence-corrected chi connectivity index (χ4v) is 6.14. The molecule has 1 N–H and O–H groups in total. The lowest BCUT2D eigenvalue weighted by Crippen LogP contribution is -2.60. The second-order valence-electron chi connectivity index (χ2n) is 8.17. The van der Waals surface area contributed by atoms with Crippen LogP contribution in [0.15, 0.2) is 22.7 Å². The second-order valence-corrected chi connectivity index (χ2v) is 9.03. The Morgan fingerprint density at radius 1 is 1.15 bits per heavy atom. The number of carbonyl (C=O) groups excluding carboxylic acids is 2. The summed E-state index contributed by atoms with van der Waals surface area (Å²) in [6.45, 7) is -0.232. The highest BCUT2D eigenvalue weighted by Crippen LogP contribution is 2.55. The first-order chi connectivity index (χ1) is 12.5. The normalized spacial score (nSPS) is 31.5. The lowest BCUT2D eigenvalue weighted by Gasteiger charge is -2.56. The molecule has 0 spiro atoms. The van der Waals surface area contributed by atoms with Crippen LogP contribution in [0, 0.1) is 17.8 Å². The van der Waals surface area contributed by atoms with Gasteiger partial charge in [0.15, 0.2) is 6.61 Å². The van der Waals surface area contributed by atoms with E-state index in [4.69, 9.17) is 9.47 Å². The quantitative estimate of drug-likeness (QED) is 0.736. The van der Waals surface area contributed by atoms with Crippen LogP contribution in [-0.2, 0) is 9.53 Å². The molecule has 0 unspecified atom stereocenters. The number of halogens is 1. The Morgan fingerprint density at radius 2 is 1.77 bits per heavy atom. The van der Waals surface area contributed by atoms with Gasteiger partial charge < -0.3 is 14.8 Å². The van der Waals surface area contributed by atoms with Gasteiger partial charge in [-0.25, -0.2) is 4.79 Å². The molecule has 140 valence electrons. The van der Waals surface area contributed by atoms with Crippen LogP contribution in [0.5, 0.6) is 5.75 Å². The molecular weight excluding hydrogens is 398 g/mol. The van der Waals surface area contributed by atoms with Gasteiger partial charge in [-0.1, -0.05) is 0 Å². The van der Waals surface area contributed by atoms with Crippen molar-refractivity contribution in [2.24, 2.45) is 17.8 Å². The van der Waals surface area contributed by atoms with Crippen LogP contribution in [0.3, 0.4) is 0 Å². The highest BCUT2D eigenvalue weighted by Gasteiger charge is 2.51. The summed E-state index contributed by atoms with van der Waals surface area (Å²) >= 11 is 3.35. The average Bonchev–Trinajstić information content (AvgIpc) is 2.58. The van der Waals surface area contributed by atoms with E-state index in [1.54, 1.807) is 25.3 Å². The molecule has 4 saturated carbocycles. The SMILES string of the molecule is COc1ccc(C(=O)OCC(=O)NC23CC4CC(CC(C4)C2)C3)cc1Br. The minimum absolute atomic E-state index is 0.0542. The van der Waals surface area contributed by atoms with Gasteiger partial charge in [-0.15, -0.1) is 0 Å². The lowest BCUT2D eigenvalue weighted by atomic mass is 9.53. The Balaban J connectivity index is 1.33. The number of rotatable bonds is 5. The molecule has 0 radical (unpaired) electrons. The molecule has 4 fully saturated rings. The van der Waals surface area contributed by atoms with Crippen molar-refractivity contribution in [3.05, 3.63) is 28.2 Å². The van der Waals surface area contributed by atoms with Crippen molar-refractivity contribution < 1.29 is 19.1 Å². The third-order valence-corrected chi connectivity index (χ3v) is 6.78. The number of methoxy groups -OCH3 is 1. The van der Waals surface area contributed by atoms with Gasteiger partial charge in [0, 0.05) is 5.54 Å². The van der Waals surface area contributed by atoms with Gasteiger partial charge in [0.25, 0.3) is 5.91 Å². The summed E-state index contributed by atoms with van der Waals surface area (Å²) in [6.07, 6.45) is 7.25. The van der Waals surface area contributed by atoms with Crippen molar-refractivity contribution in [1.82, 2.24) is 5.32 Å². The van der Waals surface area contributed by atoms with Gasteiger partial charge in [-0.2, -0.15) is 0 Å².